The van der Waals surface area contributed by atoms with E-state index >= 15 is 0 Å². The number of anilines is 1. The van der Waals surface area contributed by atoms with Gasteiger partial charge in [0, 0.05) is 12.6 Å². The van der Waals surface area contributed by atoms with Crippen LogP contribution in [0.1, 0.15) is 18.1 Å². The van der Waals surface area contributed by atoms with Gasteiger partial charge in [0.15, 0.2) is 0 Å². The molecule has 0 aliphatic carbocycles. The molecule has 0 bridgehead atoms. The van der Waals surface area contributed by atoms with Gasteiger partial charge in [0.25, 0.3) is 0 Å². The maximum absolute atomic E-state index is 12.9. The van der Waals surface area contributed by atoms with Gasteiger partial charge in [0.1, 0.15) is 18.2 Å². The summed E-state index contributed by atoms with van der Waals surface area (Å²) in [6, 6.07) is 13.5. The second-order valence-corrected chi connectivity index (χ2v) is 6.04. The second-order valence-electron chi connectivity index (χ2n) is 6.04. The van der Waals surface area contributed by atoms with Crippen LogP contribution in [0.3, 0.4) is 0 Å². The normalized spacial score (nSPS) is 14.5. The van der Waals surface area contributed by atoms with Crippen LogP contribution in [0.4, 0.5) is 10.1 Å². The van der Waals surface area contributed by atoms with Crippen LogP contribution in [0.25, 0.3) is 0 Å². The highest BCUT2D eigenvalue weighted by Gasteiger charge is 2.11. The Bertz CT molecular complexity index is 642. The maximum atomic E-state index is 12.9. The number of ether oxygens (including phenoxy) is 1. The quantitative estimate of drug-likeness (QED) is 0.857. The van der Waals surface area contributed by atoms with E-state index in [2.05, 4.69) is 29.7 Å². The number of hydrogen-bond acceptors (Lipinski definition) is 3. The molecule has 0 radical (unpaired) electrons. The van der Waals surface area contributed by atoms with E-state index in [9.17, 15) is 4.39 Å². The minimum Gasteiger partial charge on any atom is -0.490 e. The summed E-state index contributed by atoms with van der Waals surface area (Å²) in [5.41, 5.74) is 3.54. The molecule has 0 spiro atoms. The van der Waals surface area contributed by atoms with Crippen molar-refractivity contribution in [3.8, 4) is 5.75 Å². The van der Waals surface area contributed by atoms with Crippen LogP contribution in [0.15, 0.2) is 42.5 Å². The van der Waals surface area contributed by atoms with Crippen LogP contribution < -0.4 is 15.4 Å². The average Bonchev–Trinajstić information content (AvgIpc) is 2.56. The summed E-state index contributed by atoms with van der Waals surface area (Å²) in [7, 11) is 0. The zero-order valence-corrected chi connectivity index (χ0v) is 13.4. The summed E-state index contributed by atoms with van der Waals surface area (Å²) in [4.78, 5) is 0. The van der Waals surface area contributed by atoms with Crippen molar-refractivity contribution in [2.75, 3.05) is 25.0 Å². The smallest absolute Gasteiger partial charge is 0.142 e. The van der Waals surface area contributed by atoms with Crippen molar-refractivity contribution in [3.05, 3.63) is 59.4 Å². The molecule has 2 aromatic carbocycles. The third kappa shape index (κ3) is 4.45. The third-order valence-electron chi connectivity index (χ3n) is 4.08. The van der Waals surface area contributed by atoms with Gasteiger partial charge >= 0.3 is 0 Å². The Hall–Kier alpha value is -2.07. The Morgan fingerprint density at radius 1 is 1.17 bits per heavy atom. The molecule has 122 valence electrons. The van der Waals surface area contributed by atoms with E-state index in [1.54, 1.807) is 0 Å². The number of fused-ring (bicyclic) bond motifs is 1. The molecular formula is C19H23FN2O. The predicted octanol–water partition coefficient (Wildman–Crippen LogP) is 3.39. The van der Waals surface area contributed by atoms with Gasteiger partial charge in [-0.25, -0.2) is 4.39 Å². The number of hydrogen-bond donors (Lipinski definition) is 2. The Labute approximate surface area is 136 Å². The fraction of sp³-hybridized carbons (Fsp3) is 0.368. The zero-order valence-electron chi connectivity index (χ0n) is 13.4. The second kappa shape index (κ2) is 7.47. The maximum Gasteiger partial charge on any atom is 0.142 e. The van der Waals surface area contributed by atoms with Crippen molar-refractivity contribution >= 4 is 5.69 Å². The first-order valence-corrected chi connectivity index (χ1v) is 8.18. The molecule has 1 atom stereocenters. The molecule has 0 saturated heterocycles. The van der Waals surface area contributed by atoms with E-state index in [0.717, 1.165) is 49.5 Å². The molecule has 4 heteroatoms. The Balaban J connectivity index is 1.47. The van der Waals surface area contributed by atoms with Gasteiger partial charge < -0.3 is 15.4 Å². The number of nitrogens with one attached hydrogen (secondary N) is 2. The molecule has 1 aliphatic rings. The van der Waals surface area contributed by atoms with Crippen molar-refractivity contribution in [1.82, 2.24) is 5.32 Å². The molecule has 0 saturated carbocycles. The fourth-order valence-electron chi connectivity index (χ4n) is 2.85. The van der Waals surface area contributed by atoms with Gasteiger partial charge in [0.2, 0.25) is 0 Å². The Morgan fingerprint density at radius 2 is 1.96 bits per heavy atom. The monoisotopic (exact) mass is 314 g/mol. The lowest BCUT2D eigenvalue weighted by Gasteiger charge is -2.21. The Kier molecular flexibility index (Phi) is 5.13. The summed E-state index contributed by atoms with van der Waals surface area (Å²) in [6.07, 6.45) is 1.88. The minimum absolute atomic E-state index is 0.180. The molecule has 2 aromatic rings. The highest BCUT2D eigenvalue weighted by molar-refractivity contribution is 5.59. The lowest BCUT2D eigenvalue weighted by Crippen LogP contribution is -2.30. The van der Waals surface area contributed by atoms with Crippen LogP contribution in [0.5, 0.6) is 5.75 Å². The van der Waals surface area contributed by atoms with Gasteiger partial charge in [-0.3, -0.25) is 0 Å². The van der Waals surface area contributed by atoms with Crippen LogP contribution in [-0.4, -0.2) is 25.7 Å². The summed E-state index contributed by atoms with van der Waals surface area (Å²) in [5.74, 6) is 0.761. The highest BCUT2D eigenvalue weighted by atomic mass is 19.1. The summed E-state index contributed by atoms with van der Waals surface area (Å²) in [5, 5.41) is 6.90. The van der Waals surface area contributed by atoms with Gasteiger partial charge in [-0.1, -0.05) is 18.2 Å². The SMILES string of the molecule is CC(Cc1ccc2c(c1)NCCO2)NCCc1ccc(F)cc1. The van der Waals surface area contributed by atoms with E-state index in [1.807, 2.05) is 18.2 Å². The van der Waals surface area contributed by atoms with Crippen molar-refractivity contribution in [2.45, 2.75) is 25.8 Å². The van der Waals surface area contributed by atoms with Gasteiger partial charge in [-0.15, -0.1) is 0 Å². The first kappa shape index (κ1) is 15.8. The molecule has 23 heavy (non-hydrogen) atoms. The van der Waals surface area contributed by atoms with E-state index in [-0.39, 0.29) is 5.82 Å². The minimum atomic E-state index is -0.180. The zero-order chi connectivity index (χ0) is 16.1. The number of halogens is 1. The molecule has 0 fully saturated rings. The van der Waals surface area contributed by atoms with Crippen LogP contribution in [0.2, 0.25) is 0 Å². The molecular weight excluding hydrogens is 291 g/mol. The molecule has 0 aromatic heterocycles. The van der Waals surface area contributed by atoms with Crippen molar-refractivity contribution in [2.24, 2.45) is 0 Å². The molecule has 3 rings (SSSR count). The van der Waals surface area contributed by atoms with E-state index in [1.165, 1.54) is 17.7 Å². The lowest BCUT2D eigenvalue weighted by atomic mass is 10.0. The molecule has 3 nitrogen and oxygen atoms in total. The molecule has 1 heterocycles. The van der Waals surface area contributed by atoms with Crippen molar-refractivity contribution in [1.29, 1.82) is 0 Å². The Morgan fingerprint density at radius 3 is 2.78 bits per heavy atom. The highest BCUT2D eigenvalue weighted by Crippen LogP contribution is 2.28. The largest absolute Gasteiger partial charge is 0.490 e. The van der Waals surface area contributed by atoms with Crippen molar-refractivity contribution < 1.29 is 9.13 Å². The topological polar surface area (TPSA) is 33.3 Å². The molecule has 1 aliphatic heterocycles. The first-order valence-electron chi connectivity index (χ1n) is 8.18. The number of rotatable bonds is 6. The van der Waals surface area contributed by atoms with Crippen LogP contribution >= 0.6 is 0 Å². The predicted molar refractivity (Wildman–Crippen MR) is 91.7 cm³/mol. The van der Waals surface area contributed by atoms with Crippen LogP contribution in [0, 0.1) is 5.82 Å². The molecule has 1 unspecified atom stereocenters. The molecule has 0 amide bonds. The summed E-state index contributed by atoms with van der Waals surface area (Å²) in [6.45, 7) is 4.67. The number of benzene rings is 2. The van der Waals surface area contributed by atoms with E-state index in [4.69, 9.17) is 4.74 Å². The first-order chi connectivity index (χ1) is 11.2. The average molecular weight is 314 g/mol. The van der Waals surface area contributed by atoms with Gasteiger partial charge in [-0.2, -0.15) is 0 Å². The van der Waals surface area contributed by atoms with E-state index in [0.29, 0.717) is 6.04 Å². The lowest BCUT2D eigenvalue weighted by molar-refractivity contribution is 0.323. The fourth-order valence-corrected chi connectivity index (χ4v) is 2.85. The van der Waals surface area contributed by atoms with E-state index < -0.39 is 0 Å². The van der Waals surface area contributed by atoms with Crippen molar-refractivity contribution in [3.63, 3.8) is 0 Å². The standard InChI is InChI=1S/C19H23FN2O/c1-14(21-9-8-15-2-5-17(20)6-3-15)12-16-4-7-19-18(13-16)22-10-11-23-19/h2-7,13-14,21-22H,8-12H2,1H3. The van der Waals surface area contributed by atoms with Gasteiger partial charge in [0.05, 0.1) is 5.69 Å². The summed E-state index contributed by atoms with van der Waals surface area (Å²) < 4.78 is 18.5. The molecule has 2 N–H and O–H groups in total. The van der Waals surface area contributed by atoms with Crippen LogP contribution in [-0.2, 0) is 12.8 Å². The third-order valence-corrected chi connectivity index (χ3v) is 4.08. The van der Waals surface area contributed by atoms with Gasteiger partial charge in [-0.05, 0) is 61.7 Å². The summed E-state index contributed by atoms with van der Waals surface area (Å²) >= 11 is 0.